The highest BCUT2D eigenvalue weighted by molar-refractivity contribution is 7.98. The number of thiophene rings is 1. The fourth-order valence-corrected chi connectivity index (χ4v) is 5.10. The number of aromatic amines is 1. The van der Waals surface area contributed by atoms with E-state index in [9.17, 15) is 4.79 Å². The first-order valence-electron chi connectivity index (χ1n) is 9.46. The molecule has 9 heteroatoms. The number of rotatable bonds is 6. The molecule has 0 saturated heterocycles. The fourth-order valence-electron chi connectivity index (χ4n) is 3.34. The van der Waals surface area contributed by atoms with Crippen molar-refractivity contribution in [2.45, 2.75) is 10.9 Å². The van der Waals surface area contributed by atoms with Crippen molar-refractivity contribution in [1.29, 1.82) is 0 Å². The van der Waals surface area contributed by atoms with E-state index in [1.165, 1.54) is 23.1 Å². The summed E-state index contributed by atoms with van der Waals surface area (Å²) in [4.78, 5) is 21.2. The summed E-state index contributed by atoms with van der Waals surface area (Å²) >= 11 is 2.92. The highest BCUT2D eigenvalue weighted by Crippen LogP contribution is 2.31. The van der Waals surface area contributed by atoms with Crippen LogP contribution in [0.3, 0.4) is 0 Å². The topological polar surface area (TPSA) is 85.7 Å². The fraction of sp³-hybridized carbons (Fsp3) is 0.0909. The zero-order valence-electron chi connectivity index (χ0n) is 16.5. The largest absolute Gasteiger partial charge is 0.495 e. The molecule has 3 aromatic heterocycles. The van der Waals surface area contributed by atoms with Crippen LogP contribution in [0, 0.1) is 0 Å². The van der Waals surface area contributed by atoms with E-state index in [1.807, 2.05) is 64.5 Å². The standard InChI is InChI=1S/C22H17N5O2S2/c1-29-17-10-6-5-9-16(17)27-13-23-26-22(27)31-12-18-24-20(28)19-15(11-30-21(19)25-18)14-7-3-2-4-8-14/h2-11,13H,12H2,1H3,(H,24,25,28). The van der Waals surface area contributed by atoms with E-state index in [-0.39, 0.29) is 5.56 Å². The maximum atomic E-state index is 12.8. The Labute approximate surface area is 185 Å². The molecular formula is C22H17N5O2S2. The monoisotopic (exact) mass is 447 g/mol. The third-order valence-corrected chi connectivity index (χ3v) is 6.60. The first-order chi connectivity index (χ1) is 15.2. The number of methoxy groups -OCH3 is 1. The average molecular weight is 448 g/mol. The molecule has 0 aliphatic carbocycles. The van der Waals surface area contributed by atoms with Crippen molar-refractivity contribution >= 4 is 33.3 Å². The van der Waals surface area contributed by atoms with Crippen molar-refractivity contribution in [1.82, 2.24) is 24.7 Å². The summed E-state index contributed by atoms with van der Waals surface area (Å²) in [7, 11) is 1.63. The number of thioether (sulfide) groups is 1. The summed E-state index contributed by atoms with van der Waals surface area (Å²) in [5.41, 5.74) is 2.63. The van der Waals surface area contributed by atoms with Crippen LogP contribution in [0.2, 0.25) is 0 Å². The highest BCUT2D eigenvalue weighted by Gasteiger charge is 2.15. The number of fused-ring (bicyclic) bond motifs is 1. The zero-order valence-corrected chi connectivity index (χ0v) is 18.1. The number of nitrogens with one attached hydrogen (secondary N) is 1. The van der Waals surface area contributed by atoms with Crippen LogP contribution in [0.4, 0.5) is 0 Å². The van der Waals surface area contributed by atoms with Crippen LogP contribution < -0.4 is 10.3 Å². The predicted octanol–water partition coefficient (Wildman–Crippen LogP) is 4.53. The molecular weight excluding hydrogens is 430 g/mol. The molecule has 7 nitrogen and oxygen atoms in total. The second kappa shape index (κ2) is 8.37. The predicted molar refractivity (Wildman–Crippen MR) is 123 cm³/mol. The molecule has 0 atom stereocenters. The van der Waals surface area contributed by atoms with Gasteiger partial charge in [-0.2, -0.15) is 0 Å². The third kappa shape index (κ3) is 3.73. The van der Waals surface area contributed by atoms with Crippen molar-refractivity contribution in [3.05, 3.63) is 82.5 Å². The number of hydrogen-bond acceptors (Lipinski definition) is 7. The van der Waals surface area contributed by atoms with E-state index < -0.39 is 0 Å². The lowest BCUT2D eigenvalue weighted by molar-refractivity contribution is 0.412. The van der Waals surface area contributed by atoms with Gasteiger partial charge in [0, 0.05) is 10.9 Å². The molecule has 0 aliphatic rings. The third-order valence-electron chi connectivity index (χ3n) is 4.78. The molecule has 0 bridgehead atoms. The van der Waals surface area contributed by atoms with Gasteiger partial charge in [-0.05, 0) is 17.7 Å². The second-order valence-corrected chi connectivity index (χ2v) is 8.45. The molecule has 0 fully saturated rings. The normalized spacial score (nSPS) is 11.1. The molecule has 0 saturated carbocycles. The molecule has 5 rings (SSSR count). The molecule has 3 heterocycles. The number of aromatic nitrogens is 5. The molecule has 154 valence electrons. The Hall–Kier alpha value is -3.43. The average Bonchev–Trinajstić information content (AvgIpc) is 3.45. The van der Waals surface area contributed by atoms with Crippen LogP contribution >= 0.6 is 23.1 Å². The Morgan fingerprint density at radius 1 is 1.13 bits per heavy atom. The van der Waals surface area contributed by atoms with Gasteiger partial charge in [0.05, 0.1) is 23.9 Å². The first-order valence-corrected chi connectivity index (χ1v) is 11.3. The second-order valence-electron chi connectivity index (χ2n) is 6.65. The van der Waals surface area contributed by atoms with Crippen molar-refractivity contribution < 1.29 is 4.74 Å². The van der Waals surface area contributed by atoms with Crippen molar-refractivity contribution in [2.75, 3.05) is 7.11 Å². The molecule has 5 aromatic rings. The quantitative estimate of drug-likeness (QED) is 0.385. The van der Waals surface area contributed by atoms with Gasteiger partial charge in [-0.1, -0.05) is 54.2 Å². The van der Waals surface area contributed by atoms with E-state index in [4.69, 9.17) is 4.74 Å². The van der Waals surface area contributed by atoms with E-state index in [0.29, 0.717) is 22.1 Å². The van der Waals surface area contributed by atoms with Crippen molar-refractivity contribution in [3.8, 4) is 22.6 Å². The van der Waals surface area contributed by atoms with E-state index in [2.05, 4.69) is 20.2 Å². The zero-order chi connectivity index (χ0) is 21.2. The number of nitrogens with zero attached hydrogens (tertiary/aromatic N) is 4. The van der Waals surface area contributed by atoms with E-state index >= 15 is 0 Å². The SMILES string of the molecule is COc1ccccc1-n1cnnc1SCc1nc2scc(-c3ccccc3)c2c(=O)[nH]1. The molecule has 0 aliphatic heterocycles. The van der Waals surface area contributed by atoms with Gasteiger partial charge in [0.15, 0.2) is 5.16 Å². The van der Waals surface area contributed by atoms with Crippen molar-refractivity contribution in [3.63, 3.8) is 0 Å². The van der Waals surface area contributed by atoms with Gasteiger partial charge in [-0.25, -0.2) is 4.98 Å². The number of para-hydroxylation sites is 2. The van der Waals surface area contributed by atoms with Gasteiger partial charge in [0.25, 0.3) is 5.56 Å². The molecule has 0 amide bonds. The molecule has 2 aromatic carbocycles. The van der Waals surface area contributed by atoms with Crippen LogP contribution in [0.15, 0.2) is 76.3 Å². The van der Waals surface area contributed by atoms with E-state index in [0.717, 1.165) is 27.4 Å². The minimum absolute atomic E-state index is 0.133. The molecule has 31 heavy (non-hydrogen) atoms. The lowest BCUT2D eigenvalue weighted by Crippen LogP contribution is -2.11. The Balaban J connectivity index is 1.43. The lowest BCUT2D eigenvalue weighted by Gasteiger charge is -2.10. The minimum atomic E-state index is -0.133. The van der Waals surface area contributed by atoms with Gasteiger partial charge in [0.2, 0.25) is 0 Å². The Morgan fingerprint density at radius 3 is 2.77 bits per heavy atom. The van der Waals surface area contributed by atoms with Crippen LogP contribution in [0.1, 0.15) is 5.82 Å². The minimum Gasteiger partial charge on any atom is -0.495 e. The Bertz CT molecular complexity index is 1410. The van der Waals surface area contributed by atoms with Gasteiger partial charge in [-0.15, -0.1) is 21.5 Å². The number of H-pyrrole nitrogens is 1. The first kappa shape index (κ1) is 19.5. The van der Waals surface area contributed by atoms with Gasteiger partial charge < -0.3 is 9.72 Å². The summed E-state index contributed by atoms with van der Waals surface area (Å²) in [6.07, 6.45) is 1.64. The van der Waals surface area contributed by atoms with Crippen molar-refractivity contribution in [2.24, 2.45) is 0 Å². The maximum absolute atomic E-state index is 12.8. The number of ether oxygens (including phenoxy) is 1. The summed E-state index contributed by atoms with van der Waals surface area (Å²) in [5, 5.41) is 11.5. The van der Waals surface area contributed by atoms with Gasteiger partial charge in [0.1, 0.15) is 22.7 Å². The number of benzene rings is 2. The maximum Gasteiger partial charge on any atom is 0.260 e. The molecule has 0 spiro atoms. The summed E-state index contributed by atoms with van der Waals surface area (Å²) in [5.74, 6) is 1.78. The highest BCUT2D eigenvalue weighted by atomic mass is 32.2. The number of hydrogen-bond donors (Lipinski definition) is 1. The molecule has 0 unspecified atom stereocenters. The smallest absolute Gasteiger partial charge is 0.260 e. The summed E-state index contributed by atoms with van der Waals surface area (Å²) in [6, 6.07) is 17.5. The Kier molecular flexibility index (Phi) is 5.27. The van der Waals surface area contributed by atoms with Crippen LogP contribution in [0.5, 0.6) is 5.75 Å². The van der Waals surface area contributed by atoms with Crippen LogP contribution in [0.25, 0.3) is 27.0 Å². The molecule has 1 N–H and O–H groups in total. The van der Waals surface area contributed by atoms with Crippen LogP contribution in [-0.2, 0) is 5.75 Å². The lowest BCUT2D eigenvalue weighted by atomic mass is 10.1. The van der Waals surface area contributed by atoms with Crippen LogP contribution in [-0.4, -0.2) is 31.8 Å². The Morgan fingerprint density at radius 2 is 1.94 bits per heavy atom. The van der Waals surface area contributed by atoms with Gasteiger partial charge in [-0.3, -0.25) is 9.36 Å². The van der Waals surface area contributed by atoms with E-state index in [1.54, 1.807) is 13.4 Å². The molecule has 0 radical (unpaired) electrons. The summed E-state index contributed by atoms with van der Waals surface area (Å²) in [6.45, 7) is 0. The summed E-state index contributed by atoms with van der Waals surface area (Å²) < 4.78 is 7.31. The van der Waals surface area contributed by atoms with Gasteiger partial charge >= 0.3 is 0 Å².